The van der Waals surface area contributed by atoms with Crippen molar-refractivity contribution in [3.8, 4) is 0 Å². The van der Waals surface area contributed by atoms with Crippen LogP contribution in [-0.2, 0) is 0 Å². The minimum atomic E-state index is -1.00. The summed E-state index contributed by atoms with van der Waals surface area (Å²) < 4.78 is 0. The number of aromatic nitrogens is 2. The van der Waals surface area contributed by atoms with Crippen molar-refractivity contribution in [2.45, 2.75) is 6.92 Å². The molecule has 2 heterocycles. The van der Waals surface area contributed by atoms with Gasteiger partial charge in [0.15, 0.2) is 0 Å². The van der Waals surface area contributed by atoms with E-state index in [0.29, 0.717) is 13.1 Å². The van der Waals surface area contributed by atoms with Gasteiger partial charge < -0.3 is 14.9 Å². The van der Waals surface area contributed by atoms with Crippen LogP contribution >= 0.6 is 11.6 Å². The SMILES string of the molecule is Cc1nc(Cl)nc(N2CCN(C(=O)O)CC2)c1[N+](=O)[O-]. The Hall–Kier alpha value is -2.16. The summed E-state index contributed by atoms with van der Waals surface area (Å²) in [6, 6.07) is 0. The van der Waals surface area contributed by atoms with Gasteiger partial charge in [-0.3, -0.25) is 10.1 Å². The monoisotopic (exact) mass is 301 g/mol. The van der Waals surface area contributed by atoms with E-state index in [0.717, 1.165) is 0 Å². The zero-order valence-electron chi connectivity index (χ0n) is 10.6. The summed E-state index contributed by atoms with van der Waals surface area (Å²) in [4.78, 5) is 32.0. The van der Waals surface area contributed by atoms with Gasteiger partial charge in [0.25, 0.3) is 0 Å². The number of rotatable bonds is 2. The number of carbonyl (C=O) groups is 1. The highest BCUT2D eigenvalue weighted by Crippen LogP contribution is 2.30. The quantitative estimate of drug-likeness (QED) is 0.495. The van der Waals surface area contributed by atoms with Crippen LogP contribution in [0.4, 0.5) is 16.3 Å². The second kappa shape index (κ2) is 5.45. The van der Waals surface area contributed by atoms with Crippen LogP contribution in [0.25, 0.3) is 0 Å². The Kier molecular flexibility index (Phi) is 3.89. The molecule has 20 heavy (non-hydrogen) atoms. The van der Waals surface area contributed by atoms with Crippen LogP contribution in [-0.4, -0.2) is 57.2 Å². The highest BCUT2D eigenvalue weighted by molar-refractivity contribution is 6.28. The van der Waals surface area contributed by atoms with Crippen molar-refractivity contribution in [2.75, 3.05) is 31.1 Å². The van der Waals surface area contributed by atoms with Crippen molar-refractivity contribution >= 4 is 29.2 Å². The first-order valence-corrected chi connectivity index (χ1v) is 6.19. The van der Waals surface area contributed by atoms with Crippen molar-refractivity contribution in [3.05, 3.63) is 21.1 Å². The summed E-state index contributed by atoms with van der Waals surface area (Å²) in [5.41, 5.74) is -0.0103. The second-order valence-corrected chi connectivity index (χ2v) is 4.60. The molecule has 1 aliphatic rings. The number of amides is 1. The highest BCUT2D eigenvalue weighted by Gasteiger charge is 2.29. The molecule has 0 saturated carbocycles. The van der Waals surface area contributed by atoms with Crippen molar-refractivity contribution in [3.63, 3.8) is 0 Å². The topological polar surface area (TPSA) is 113 Å². The number of hydrogen-bond acceptors (Lipinski definition) is 6. The third-order valence-electron chi connectivity index (χ3n) is 3.04. The lowest BCUT2D eigenvalue weighted by molar-refractivity contribution is -0.385. The minimum Gasteiger partial charge on any atom is -0.465 e. The highest BCUT2D eigenvalue weighted by atomic mass is 35.5. The zero-order chi connectivity index (χ0) is 14.9. The van der Waals surface area contributed by atoms with Crippen LogP contribution in [0.15, 0.2) is 0 Å². The first kappa shape index (κ1) is 14.3. The maximum atomic E-state index is 11.1. The van der Waals surface area contributed by atoms with E-state index in [1.807, 2.05) is 0 Å². The molecule has 1 aliphatic heterocycles. The van der Waals surface area contributed by atoms with Crippen molar-refractivity contribution in [1.82, 2.24) is 14.9 Å². The van der Waals surface area contributed by atoms with E-state index in [2.05, 4.69) is 9.97 Å². The third-order valence-corrected chi connectivity index (χ3v) is 3.21. The lowest BCUT2D eigenvalue weighted by Crippen LogP contribution is -2.48. The largest absolute Gasteiger partial charge is 0.465 e. The molecule has 9 nitrogen and oxygen atoms in total. The number of piperazine rings is 1. The number of nitrogens with zero attached hydrogens (tertiary/aromatic N) is 5. The molecular weight excluding hydrogens is 290 g/mol. The Morgan fingerprint density at radius 1 is 1.35 bits per heavy atom. The molecule has 0 radical (unpaired) electrons. The summed E-state index contributed by atoms with van der Waals surface area (Å²) in [5, 5.41) is 19.9. The van der Waals surface area contributed by atoms with Crippen molar-refractivity contribution in [1.29, 1.82) is 0 Å². The first-order chi connectivity index (χ1) is 9.40. The average Bonchev–Trinajstić information content (AvgIpc) is 2.37. The molecule has 1 aromatic rings. The van der Waals surface area contributed by atoms with Gasteiger partial charge in [0, 0.05) is 26.2 Å². The van der Waals surface area contributed by atoms with E-state index in [1.165, 1.54) is 11.8 Å². The Morgan fingerprint density at radius 2 is 1.95 bits per heavy atom. The van der Waals surface area contributed by atoms with Crippen LogP contribution in [0, 0.1) is 17.0 Å². The van der Waals surface area contributed by atoms with E-state index < -0.39 is 11.0 Å². The maximum Gasteiger partial charge on any atom is 0.407 e. The summed E-state index contributed by atoms with van der Waals surface area (Å²) in [5.74, 6) is 0.137. The molecule has 1 N–H and O–H groups in total. The van der Waals surface area contributed by atoms with E-state index in [1.54, 1.807) is 4.90 Å². The summed E-state index contributed by atoms with van der Waals surface area (Å²) in [6.45, 7) is 2.64. The molecule has 108 valence electrons. The molecule has 1 aromatic heterocycles. The fraction of sp³-hybridized carbons (Fsp3) is 0.500. The smallest absolute Gasteiger partial charge is 0.407 e. The molecule has 0 atom stereocenters. The van der Waals surface area contributed by atoms with Crippen LogP contribution in [0.5, 0.6) is 0 Å². The average molecular weight is 302 g/mol. The number of nitro groups is 1. The molecule has 2 rings (SSSR count). The molecule has 0 spiro atoms. The van der Waals surface area contributed by atoms with Gasteiger partial charge in [-0.1, -0.05) is 0 Å². The Bertz CT molecular complexity index is 559. The normalized spacial score (nSPS) is 15.3. The van der Waals surface area contributed by atoms with Gasteiger partial charge in [-0.15, -0.1) is 0 Å². The van der Waals surface area contributed by atoms with Gasteiger partial charge in [-0.25, -0.2) is 9.78 Å². The minimum absolute atomic E-state index is 0.0660. The molecule has 1 amide bonds. The Labute approximate surface area is 118 Å². The van der Waals surface area contributed by atoms with Gasteiger partial charge in [0.05, 0.1) is 4.92 Å². The third kappa shape index (κ3) is 2.72. The van der Waals surface area contributed by atoms with Gasteiger partial charge in [0.1, 0.15) is 5.69 Å². The van der Waals surface area contributed by atoms with Gasteiger partial charge >= 0.3 is 11.8 Å². The maximum absolute atomic E-state index is 11.1. The van der Waals surface area contributed by atoms with Crippen LogP contribution in [0.2, 0.25) is 5.28 Å². The molecule has 0 aliphatic carbocycles. The lowest BCUT2D eigenvalue weighted by Gasteiger charge is -2.33. The van der Waals surface area contributed by atoms with Crippen molar-refractivity contribution < 1.29 is 14.8 Å². The van der Waals surface area contributed by atoms with E-state index in [-0.39, 0.29) is 35.6 Å². The van der Waals surface area contributed by atoms with Crippen molar-refractivity contribution in [2.24, 2.45) is 0 Å². The van der Waals surface area contributed by atoms with Crippen LogP contribution in [0.3, 0.4) is 0 Å². The van der Waals surface area contributed by atoms with E-state index >= 15 is 0 Å². The number of aryl methyl sites for hydroxylation is 1. The van der Waals surface area contributed by atoms with Crippen LogP contribution in [0.1, 0.15) is 5.69 Å². The van der Waals surface area contributed by atoms with Gasteiger partial charge in [-0.05, 0) is 18.5 Å². The molecule has 1 fully saturated rings. The van der Waals surface area contributed by atoms with E-state index in [9.17, 15) is 14.9 Å². The molecule has 0 aromatic carbocycles. The predicted molar refractivity (Wildman–Crippen MR) is 70.2 cm³/mol. The number of hydrogen-bond donors (Lipinski definition) is 1. The number of carboxylic acid groups (broad SMARTS) is 1. The predicted octanol–water partition coefficient (Wildman–Crippen LogP) is 1.15. The van der Waals surface area contributed by atoms with Crippen LogP contribution < -0.4 is 4.90 Å². The fourth-order valence-electron chi connectivity index (χ4n) is 2.06. The van der Waals surface area contributed by atoms with E-state index in [4.69, 9.17) is 16.7 Å². The number of halogens is 1. The summed E-state index contributed by atoms with van der Waals surface area (Å²) in [7, 11) is 0. The zero-order valence-corrected chi connectivity index (χ0v) is 11.4. The Balaban J connectivity index is 2.30. The van der Waals surface area contributed by atoms with Gasteiger partial charge in [-0.2, -0.15) is 4.98 Å². The Morgan fingerprint density at radius 3 is 2.45 bits per heavy atom. The standard InChI is InChI=1S/C10H12ClN5O4/c1-6-7(16(19)20)8(13-9(11)12-6)14-2-4-15(5-3-14)10(17)18/h2-5H2,1H3,(H,17,18). The van der Waals surface area contributed by atoms with Gasteiger partial charge in [0.2, 0.25) is 11.1 Å². The summed E-state index contributed by atoms with van der Waals surface area (Å²) in [6.07, 6.45) is -1.00. The fourth-order valence-corrected chi connectivity index (χ4v) is 2.27. The lowest BCUT2D eigenvalue weighted by atomic mass is 10.3. The summed E-state index contributed by atoms with van der Waals surface area (Å²) >= 11 is 5.75. The molecular formula is C10H12ClN5O4. The molecule has 0 bridgehead atoms. The first-order valence-electron chi connectivity index (χ1n) is 5.81. The second-order valence-electron chi connectivity index (χ2n) is 4.26. The molecule has 0 unspecified atom stereocenters. The molecule has 10 heteroatoms. The number of anilines is 1. The molecule has 1 saturated heterocycles.